The Kier molecular flexibility index (Phi) is 8.44. The lowest BCUT2D eigenvalue weighted by molar-refractivity contribution is -0.131. The summed E-state index contributed by atoms with van der Waals surface area (Å²) in [6, 6.07) is 14.5. The highest BCUT2D eigenvalue weighted by Crippen LogP contribution is 2.25. The van der Waals surface area contributed by atoms with Crippen molar-refractivity contribution in [2.75, 3.05) is 30.8 Å². The van der Waals surface area contributed by atoms with Gasteiger partial charge in [-0.3, -0.25) is 9.78 Å². The van der Waals surface area contributed by atoms with Gasteiger partial charge in [0.25, 0.3) is 0 Å². The van der Waals surface area contributed by atoms with E-state index >= 15 is 0 Å². The molecule has 4 rings (SSSR count). The van der Waals surface area contributed by atoms with Crippen LogP contribution >= 0.6 is 24.0 Å². The van der Waals surface area contributed by atoms with Gasteiger partial charge in [0, 0.05) is 55.2 Å². The molecule has 0 saturated carbocycles. The van der Waals surface area contributed by atoms with Crippen molar-refractivity contribution in [2.24, 2.45) is 0 Å². The van der Waals surface area contributed by atoms with Gasteiger partial charge in [-0.05, 0) is 66.9 Å². The van der Waals surface area contributed by atoms with Crippen molar-refractivity contribution in [3.63, 3.8) is 0 Å². The molecular weight excluding hydrogens is 493 g/mol. The third-order valence-corrected chi connectivity index (χ3v) is 8.32. The minimum absolute atomic E-state index is 0. The Morgan fingerprint density at radius 1 is 1.09 bits per heavy atom. The lowest BCUT2D eigenvalue weighted by atomic mass is 10.0. The Hall–Kier alpha value is -2.35. The van der Waals surface area contributed by atoms with Gasteiger partial charge in [0.1, 0.15) is 0 Å². The predicted molar refractivity (Wildman–Crippen MR) is 140 cm³/mol. The van der Waals surface area contributed by atoms with Gasteiger partial charge in [-0.2, -0.15) is 0 Å². The van der Waals surface area contributed by atoms with E-state index in [9.17, 15) is 13.2 Å². The minimum atomic E-state index is -3.56. The Morgan fingerprint density at radius 3 is 2.47 bits per heavy atom. The number of amides is 1. The van der Waals surface area contributed by atoms with Crippen molar-refractivity contribution in [1.82, 2.24) is 9.88 Å². The maximum atomic E-state index is 12.9. The van der Waals surface area contributed by atoms with Crippen LogP contribution in [0.15, 0.2) is 59.6 Å². The van der Waals surface area contributed by atoms with Crippen molar-refractivity contribution >= 4 is 56.2 Å². The molecular formula is C25H29Cl2N3O3S. The molecule has 1 aliphatic heterocycles. The highest BCUT2D eigenvalue weighted by molar-refractivity contribution is 7.91. The molecule has 2 aromatic carbocycles. The number of anilines is 1. The van der Waals surface area contributed by atoms with Crippen molar-refractivity contribution in [3.05, 3.63) is 65.4 Å². The molecule has 0 radical (unpaired) electrons. The van der Waals surface area contributed by atoms with E-state index in [-0.39, 0.29) is 41.4 Å². The van der Waals surface area contributed by atoms with E-state index in [0.717, 1.165) is 48.1 Å². The highest BCUT2D eigenvalue weighted by atomic mass is 35.5. The number of fused-ring (bicyclic) bond motifs is 1. The number of halogens is 2. The van der Waals surface area contributed by atoms with E-state index < -0.39 is 9.84 Å². The van der Waals surface area contributed by atoms with Gasteiger partial charge in [0.15, 0.2) is 9.84 Å². The van der Waals surface area contributed by atoms with Crippen LogP contribution in [0.3, 0.4) is 0 Å². The first kappa shape index (κ1) is 26.3. The second kappa shape index (κ2) is 10.9. The number of hydrogen-bond donors (Lipinski definition) is 0. The second-order valence-corrected chi connectivity index (χ2v) is 11.1. The number of aryl methyl sites for hydroxylation is 1. The normalized spacial score (nSPS) is 14.6. The van der Waals surface area contributed by atoms with Crippen molar-refractivity contribution in [3.8, 4) is 0 Å². The summed E-state index contributed by atoms with van der Waals surface area (Å²) in [5, 5.41) is 2.29. The van der Waals surface area contributed by atoms with Crippen LogP contribution in [-0.4, -0.2) is 56.1 Å². The average Bonchev–Trinajstić information content (AvgIpc) is 2.82. The van der Waals surface area contributed by atoms with Crippen LogP contribution in [-0.2, 0) is 14.6 Å². The number of piperidine rings is 1. The molecule has 0 atom stereocenters. The van der Waals surface area contributed by atoms with Gasteiger partial charge in [-0.15, -0.1) is 12.4 Å². The standard InChI is InChI=1S/C25H28ClN3O3S.ClH/c1-18-15-23(7-11-27-18)29-12-8-22(9-13-29)28(2)25(30)10-14-33(31,32)24-6-4-19-16-21(26)5-3-20(19)17-24;/h3-7,11,15-17,22H,8-10,12-14H2,1-2H3;1H. The highest BCUT2D eigenvalue weighted by Gasteiger charge is 2.27. The summed E-state index contributed by atoms with van der Waals surface area (Å²) >= 11 is 6.01. The lowest BCUT2D eigenvalue weighted by Crippen LogP contribution is -2.46. The van der Waals surface area contributed by atoms with Crippen LogP contribution in [0.2, 0.25) is 5.02 Å². The Labute approximate surface area is 212 Å². The number of carbonyl (C=O) groups is 1. The molecule has 1 aromatic heterocycles. The fourth-order valence-electron chi connectivity index (χ4n) is 4.35. The van der Waals surface area contributed by atoms with E-state index in [2.05, 4.69) is 16.0 Å². The third-order valence-electron chi connectivity index (χ3n) is 6.37. The monoisotopic (exact) mass is 521 g/mol. The van der Waals surface area contributed by atoms with Gasteiger partial charge in [0.2, 0.25) is 5.91 Å². The number of sulfone groups is 1. The molecule has 34 heavy (non-hydrogen) atoms. The zero-order valence-corrected chi connectivity index (χ0v) is 21.7. The van der Waals surface area contributed by atoms with Crippen LogP contribution in [0.25, 0.3) is 10.8 Å². The number of aromatic nitrogens is 1. The summed E-state index contributed by atoms with van der Waals surface area (Å²) in [4.78, 5) is 21.3. The molecule has 0 spiro atoms. The number of rotatable bonds is 6. The Morgan fingerprint density at radius 2 is 1.76 bits per heavy atom. The number of nitrogens with zero attached hydrogens (tertiary/aromatic N) is 3. The van der Waals surface area contributed by atoms with Crippen molar-refractivity contribution < 1.29 is 13.2 Å². The molecule has 1 saturated heterocycles. The molecule has 182 valence electrons. The number of hydrogen-bond acceptors (Lipinski definition) is 5. The van der Waals surface area contributed by atoms with Gasteiger partial charge in [-0.1, -0.05) is 23.7 Å². The molecule has 1 amide bonds. The third kappa shape index (κ3) is 6.01. The minimum Gasteiger partial charge on any atom is -0.371 e. The van der Waals surface area contributed by atoms with E-state index in [4.69, 9.17) is 11.6 Å². The van der Waals surface area contributed by atoms with Gasteiger partial charge in [0.05, 0.1) is 10.6 Å². The molecule has 1 fully saturated rings. The zero-order valence-electron chi connectivity index (χ0n) is 19.3. The summed E-state index contributed by atoms with van der Waals surface area (Å²) in [7, 11) is -1.78. The Balaban J connectivity index is 0.00000324. The van der Waals surface area contributed by atoms with Crippen LogP contribution in [0.5, 0.6) is 0 Å². The topological polar surface area (TPSA) is 70.6 Å². The first-order chi connectivity index (χ1) is 15.7. The molecule has 3 aromatic rings. The molecule has 0 bridgehead atoms. The fourth-order valence-corrected chi connectivity index (χ4v) is 5.79. The first-order valence-electron chi connectivity index (χ1n) is 11.1. The molecule has 0 N–H and O–H groups in total. The molecule has 1 aliphatic rings. The average molecular weight is 522 g/mol. The molecule has 0 unspecified atom stereocenters. The number of carbonyl (C=O) groups excluding carboxylic acids is 1. The number of benzene rings is 2. The van der Waals surface area contributed by atoms with E-state index in [1.165, 1.54) is 0 Å². The molecule has 2 heterocycles. The molecule has 6 nitrogen and oxygen atoms in total. The van der Waals surface area contributed by atoms with Crippen molar-refractivity contribution in [1.29, 1.82) is 0 Å². The summed E-state index contributed by atoms with van der Waals surface area (Å²) in [6.07, 6.45) is 3.49. The van der Waals surface area contributed by atoms with E-state index in [1.54, 1.807) is 48.3 Å². The second-order valence-electron chi connectivity index (χ2n) is 8.60. The number of pyridine rings is 1. The summed E-state index contributed by atoms with van der Waals surface area (Å²) in [5.74, 6) is -0.339. The molecule has 0 aliphatic carbocycles. The smallest absolute Gasteiger partial charge is 0.223 e. The fraction of sp³-hybridized carbons (Fsp3) is 0.360. The van der Waals surface area contributed by atoms with Gasteiger partial charge < -0.3 is 9.80 Å². The summed E-state index contributed by atoms with van der Waals surface area (Å²) < 4.78 is 25.7. The molecule has 9 heteroatoms. The SMILES string of the molecule is Cc1cc(N2CCC(N(C)C(=O)CCS(=O)(=O)c3ccc4cc(Cl)ccc4c3)CC2)ccn1.Cl. The van der Waals surface area contributed by atoms with E-state index in [0.29, 0.717) is 5.02 Å². The first-order valence-corrected chi connectivity index (χ1v) is 13.1. The maximum absolute atomic E-state index is 12.9. The van der Waals surface area contributed by atoms with Crippen LogP contribution in [0, 0.1) is 6.92 Å². The summed E-state index contributed by atoms with van der Waals surface area (Å²) in [5.41, 5.74) is 2.14. The van der Waals surface area contributed by atoms with Crippen LogP contribution in [0.1, 0.15) is 25.0 Å². The largest absolute Gasteiger partial charge is 0.371 e. The van der Waals surface area contributed by atoms with Gasteiger partial charge >= 0.3 is 0 Å². The van der Waals surface area contributed by atoms with Crippen LogP contribution < -0.4 is 4.90 Å². The lowest BCUT2D eigenvalue weighted by Gasteiger charge is -2.38. The van der Waals surface area contributed by atoms with E-state index in [1.807, 2.05) is 19.2 Å². The van der Waals surface area contributed by atoms with Gasteiger partial charge in [-0.25, -0.2) is 8.42 Å². The summed E-state index contributed by atoms with van der Waals surface area (Å²) in [6.45, 7) is 3.68. The quantitative estimate of drug-likeness (QED) is 0.460. The van der Waals surface area contributed by atoms with Crippen molar-refractivity contribution in [2.45, 2.75) is 37.1 Å². The zero-order chi connectivity index (χ0) is 23.6. The Bertz CT molecular complexity index is 1280. The van der Waals surface area contributed by atoms with Crippen LogP contribution in [0.4, 0.5) is 5.69 Å². The predicted octanol–water partition coefficient (Wildman–Crippen LogP) is 4.91. The maximum Gasteiger partial charge on any atom is 0.223 e.